The number of benzene rings is 1. The lowest BCUT2D eigenvalue weighted by molar-refractivity contribution is 0.0358. The van der Waals surface area contributed by atoms with E-state index in [0.717, 1.165) is 12.8 Å². The number of amides is 1. The maximum atomic E-state index is 13.4. The van der Waals surface area contributed by atoms with Crippen molar-refractivity contribution >= 4 is 21.8 Å². The summed E-state index contributed by atoms with van der Waals surface area (Å²) in [5.74, 6) is -0.395. The van der Waals surface area contributed by atoms with Gasteiger partial charge in [0.25, 0.3) is 5.91 Å². The van der Waals surface area contributed by atoms with E-state index in [9.17, 15) is 14.3 Å². The van der Waals surface area contributed by atoms with Crippen molar-refractivity contribution in [1.82, 2.24) is 4.90 Å². The fourth-order valence-electron chi connectivity index (χ4n) is 2.62. The molecule has 104 valence electrons. The lowest BCUT2D eigenvalue weighted by atomic mass is 9.90. The molecule has 1 amide bonds. The first-order valence-corrected chi connectivity index (χ1v) is 7.20. The summed E-state index contributed by atoms with van der Waals surface area (Å²) in [6.07, 6.45) is 1.92. The van der Waals surface area contributed by atoms with Gasteiger partial charge in [-0.15, -0.1) is 0 Å². The Bertz CT molecular complexity index is 460. The Morgan fingerprint density at radius 3 is 2.89 bits per heavy atom. The number of piperidine rings is 1. The third kappa shape index (κ3) is 3.15. The molecule has 1 aliphatic rings. The van der Waals surface area contributed by atoms with Crippen LogP contribution in [0.25, 0.3) is 0 Å². The average Bonchev–Trinajstić information content (AvgIpc) is 2.36. The molecule has 2 rings (SSSR count). The van der Waals surface area contributed by atoms with Crippen molar-refractivity contribution in [3.8, 4) is 0 Å². The molecule has 2 unspecified atom stereocenters. The van der Waals surface area contributed by atoms with Crippen LogP contribution in [0.3, 0.4) is 0 Å². The van der Waals surface area contributed by atoms with Crippen molar-refractivity contribution in [1.29, 1.82) is 0 Å². The summed E-state index contributed by atoms with van der Waals surface area (Å²) in [4.78, 5) is 14.1. The van der Waals surface area contributed by atoms with Crippen molar-refractivity contribution < 1.29 is 14.3 Å². The topological polar surface area (TPSA) is 40.5 Å². The lowest BCUT2D eigenvalue weighted by Gasteiger charge is -2.39. The van der Waals surface area contributed by atoms with E-state index in [1.54, 1.807) is 11.0 Å². The smallest absolute Gasteiger partial charge is 0.254 e. The molecule has 0 spiro atoms. The minimum Gasteiger partial charge on any atom is -0.394 e. The third-order valence-electron chi connectivity index (χ3n) is 3.67. The van der Waals surface area contributed by atoms with Crippen LogP contribution in [0.1, 0.15) is 30.1 Å². The first kappa shape index (κ1) is 14.5. The average molecular weight is 330 g/mol. The van der Waals surface area contributed by atoms with E-state index in [0.29, 0.717) is 16.6 Å². The largest absolute Gasteiger partial charge is 0.394 e. The Morgan fingerprint density at radius 2 is 2.26 bits per heavy atom. The summed E-state index contributed by atoms with van der Waals surface area (Å²) in [5, 5.41) is 9.46. The Balaban J connectivity index is 2.26. The molecule has 0 aromatic heterocycles. The molecular weight excluding hydrogens is 313 g/mol. The molecule has 0 aliphatic carbocycles. The number of halogens is 2. The predicted molar refractivity (Wildman–Crippen MR) is 74.4 cm³/mol. The number of aliphatic hydroxyl groups is 1. The van der Waals surface area contributed by atoms with Crippen LogP contribution in [-0.4, -0.2) is 35.1 Å². The zero-order chi connectivity index (χ0) is 14.0. The molecule has 1 fully saturated rings. The van der Waals surface area contributed by atoms with Crippen LogP contribution < -0.4 is 0 Å². The van der Waals surface area contributed by atoms with E-state index in [-0.39, 0.29) is 24.5 Å². The summed E-state index contributed by atoms with van der Waals surface area (Å²) < 4.78 is 13.9. The number of hydrogen-bond donors (Lipinski definition) is 1. The Hall–Kier alpha value is -0.940. The molecule has 1 aromatic carbocycles. The van der Waals surface area contributed by atoms with E-state index in [2.05, 4.69) is 15.9 Å². The molecule has 0 bridgehead atoms. The van der Waals surface area contributed by atoms with Gasteiger partial charge in [0.05, 0.1) is 12.6 Å². The van der Waals surface area contributed by atoms with Crippen molar-refractivity contribution in [3.63, 3.8) is 0 Å². The number of carbonyl (C=O) groups is 1. The fourth-order valence-corrected chi connectivity index (χ4v) is 3.09. The van der Waals surface area contributed by atoms with E-state index in [4.69, 9.17) is 0 Å². The quantitative estimate of drug-likeness (QED) is 0.906. The van der Waals surface area contributed by atoms with Crippen LogP contribution in [0.2, 0.25) is 0 Å². The number of aliphatic hydroxyl groups excluding tert-OH is 1. The summed E-state index contributed by atoms with van der Waals surface area (Å²) in [6.45, 7) is 2.59. The highest BCUT2D eigenvalue weighted by atomic mass is 79.9. The number of likely N-dealkylation sites (tertiary alicyclic amines) is 1. The van der Waals surface area contributed by atoms with Crippen LogP contribution in [0.4, 0.5) is 4.39 Å². The predicted octanol–water partition coefficient (Wildman–Crippen LogP) is 2.82. The highest BCUT2D eigenvalue weighted by molar-refractivity contribution is 9.10. The van der Waals surface area contributed by atoms with E-state index in [1.165, 1.54) is 12.1 Å². The summed E-state index contributed by atoms with van der Waals surface area (Å²) in [5.41, 5.74) is 0.319. The standard InChI is InChI=1S/C14H17BrFNO2/c1-9-3-2-4-17(13(9)8-18)14(19)10-5-11(15)7-12(16)6-10/h5-7,9,13,18H,2-4,8H2,1H3. The monoisotopic (exact) mass is 329 g/mol. The van der Waals surface area contributed by atoms with Gasteiger partial charge in [0, 0.05) is 16.6 Å². The maximum Gasteiger partial charge on any atom is 0.254 e. The molecule has 0 saturated carbocycles. The molecule has 2 atom stereocenters. The Kier molecular flexibility index (Phi) is 4.58. The first-order valence-electron chi connectivity index (χ1n) is 6.41. The highest BCUT2D eigenvalue weighted by Crippen LogP contribution is 2.25. The second kappa shape index (κ2) is 6.01. The Labute approximate surface area is 120 Å². The van der Waals surface area contributed by atoms with Crippen LogP contribution in [0.5, 0.6) is 0 Å². The van der Waals surface area contributed by atoms with Gasteiger partial charge >= 0.3 is 0 Å². The molecule has 1 N–H and O–H groups in total. The summed E-state index contributed by atoms with van der Waals surface area (Å²) in [6, 6.07) is 3.99. The Morgan fingerprint density at radius 1 is 1.53 bits per heavy atom. The molecular formula is C14H17BrFNO2. The van der Waals surface area contributed by atoms with Crippen molar-refractivity contribution in [2.24, 2.45) is 5.92 Å². The van der Waals surface area contributed by atoms with Gasteiger partial charge in [0.2, 0.25) is 0 Å². The van der Waals surface area contributed by atoms with Gasteiger partial charge in [-0.05, 0) is 37.0 Å². The van der Waals surface area contributed by atoms with Gasteiger partial charge in [0.1, 0.15) is 5.82 Å². The van der Waals surface area contributed by atoms with Gasteiger partial charge in [-0.3, -0.25) is 4.79 Å². The maximum absolute atomic E-state index is 13.4. The van der Waals surface area contributed by atoms with E-state index >= 15 is 0 Å². The van der Waals surface area contributed by atoms with Crippen molar-refractivity contribution in [2.45, 2.75) is 25.8 Å². The zero-order valence-electron chi connectivity index (χ0n) is 10.8. The molecule has 1 saturated heterocycles. The number of nitrogens with zero attached hydrogens (tertiary/aromatic N) is 1. The van der Waals surface area contributed by atoms with Gasteiger partial charge < -0.3 is 10.0 Å². The third-order valence-corrected chi connectivity index (χ3v) is 4.13. The van der Waals surface area contributed by atoms with Gasteiger partial charge in [-0.2, -0.15) is 0 Å². The first-order chi connectivity index (χ1) is 9.02. The SMILES string of the molecule is CC1CCCN(C(=O)c2cc(F)cc(Br)c2)C1CO. The highest BCUT2D eigenvalue weighted by Gasteiger charge is 2.31. The van der Waals surface area contributed by atoms with E-state index in [1.807, 2.05) is 6.92 Å². The van der Waals surface area contributed by atoms with Crippen LogP contribution in [0.15, 0.2) is 22.7 Å². The zero-order valence-corrected chi connectivity index (χ0v) is 12.4. The molecule has 1 aromatic rings. The molecule has 5 heteroatoms. The molecule has 3 nitrogen and oxygen atoms in total. The molecule has 1 heterocycles. The van der Waals surface area contributed by atoms with Crippen LogP contribution in [0, 0.1) is 11.7 Å². The minimum absolute atomic E-state index is 0.0522. The summed E-state index contributed by atoms with van der Waals surface area (Å²) in [7, 11) is 0. The molecule has 0 radical (unpaired) electrons. The molecule has 19 heavy (non-hydrogen) atoms. The van der Waals surface area contributed by atoms with Gasteiger partial charge in [0.15, 0.2) is 0 Å². The fraction of sp³-hybridized carbons (Fsp3) is 0.500. The summed E-state index contributed by atoms with van der Waals surface area (Å²) >= 11 is 3.19. The van der Waals surface area contributed by atoms with Crippen molar-refractivity contribution in [2.75, 3.05) is 13.2 Å². The van der Waals surface area contributed by atoms with Crippen molar-refractivity contribution in [3.05, 3.63) is 34.1 Å². The van der Waals surface area contributed by atoms with Gasteiger partial charge in [-0.25, -0.2) is 4.39 Å². The number of hydrogen-bond acceptors (Lipinski definition) is 2. The minimum atomic E-state index is -0.441. The molecule has 1 aliphatic heterocycles. The van der Waals surface area contributed by atoms with Crippen LogP contribution in [-0.2, 0) is 0 Å². The number of rotatable bonds is 2. The lowest BCUT2D eigenvalue weighted by Crippen LogP contribution is -2.49. The second-order valence-corrected chi connectivity index (χ2v) is 5.94. The van der Waals surface area contributed by atoms with Gasteiger partial charge in [-0.1, -0.05) is 22.9 Å². The number of carbonyl (C=O) groups excluding carboxylic acids is 1. The second-order valence-electron chi connectivity index (χ2n) is 5.03. The van der Waals surface area contributed by atoms with E-state index < -0.39 is 5.82 Å². The normalized spacial score (nSPS) is 23.5. The van der Waals surface area contributed by atoms with Crippen LogP contribution >= 0.6 is 15.9 Å².